The van der Waals surface area contributed by atoms with E-state index in [0.29, 0.717) is 18.5 Å². The van der Waals surface area contributed by atoms with Crippen LogP contribution in [0, 0.1) is 13.8 Å². The van der Waals surface area contributed by atoms with Crippen molar-refractivity contribution >= 4 is 28.4 Å². The van der Waals surface area contributed by atoms with Gasteiger partial charge in [-0.05, 0) is 54.7 Å². The number of fused-ring (bicyclic) bond motifs is 1. The Morgan fingerprint density at radius 2 is 2.04 bits per heavy atom. The maximum atomic E-state index is 12.3. The van der Waals surface area contributed by atoms with Crippen LogP contribution in [-0.4, -0.2) is 23.3 Å². The van der Waals surface area contributed by atoms with Gasteiger partial charge in [0.1, 0.15) is 0 Å². The van der Waals surface area contributed by atoms with Gasteiger partial charge in [0.25, 0.3) is 5.91 Å². The molecule has 1 saturated heterocycles. The van der Waals surface area contributed by atoms with E-state index in [1.807, 2.05) is 43.3 Å². The standard InChI is InChI=1S/C23H23N3O2/c1-13-9-10-26(23(13)28)18-6-4-5-16(11-18)19-8-7-17(12-20(24)27)22-21(19)14(2)15(3)25-22/h4-8,11,25H,1,9-10,12H2,2-3H3,(H2,24,27). The van der Waals surface area contributed by atoms with E-state index in [0.717, 1.165) is 44.5 Å². The predicted molar refractivity (Wildman–Crippen MR) is 112 cm³/mol. The van der Waals surface area contributed by atoms with Crippen LogP contribution in [0.3, 0.4) is 0 Å². The van der Waals surface area contributed by atoms with Crippen LogP contribution in [0.4, 0.5) is 5.69 Å². The summed E-state index contributed by atoms with van der Waals surface area (Å²) in [5, 5.41) is 1.09. The minimum atomic E-state index is -0.353. The maximum absolute atomic E-state index is 12.3. The first-order valence-electron chi connectivity index (χ1n) is 9.36. The van der Waals surface area contributed by atoms with Crippen LogP contribution in [0.25, 0.3) is 22.0 Å². The first-order chi connectivity index (χ1) is 13.4. The number of hydrogen-bond donors (Lipinski definition) is 2. The number of nitrogens with zero attached hydrogens (tertiary/aromatic N) is 1. The fourth-order valence-corrected chi connectivity index (χ4v) is 3.96. The summed E-state index contributed by atoms with van der Waals surface area (Å²) in [4.78, 5) is 29.0. The molecule has 4 rings (SSSR count). The van der Waals surface area contributed by atoms with Gasteiger partial charge in [-0.2, -0.15) is 0 Å². The lowest BCUT2D eigenvalue weighted by atomic mass is 9.95. The van der Waals surface area contributed by atoms with Crippen LogP contribution in [0.5, 0.6) is 0 Å². The molecule has 0 spiro atoms. The van der Waals surface area contributed by atoms with Gasteiger partial charge in [-0.3, -0.25) is 9.59 Å². The Balaban J connectivity index is 1.86. The zero-order valence-corrected chi connectivity index (χ0v) is 16.1. The molecule has 142 valence electrons. The lowest BCUT2D eigenvalue weighted by Gasteiger charge is -2.17. The molecule has 0 saturated carbocycles. The second-order valence-corrected chi connectivity index (χ2v) is 7.40. The highest BCUT2D eigenvalue weighted by Gasteiger charge is 2.25. The van der Waals surface area contributed by atoms with Crippen molar-refractivity contribution in [3.63, 3.8) is 0 Å². The molecule has 0 atom stereocenters. The largest absolute Gasteiger partial charge is 0.369 e. The summed E-state index contributed by atoms with van der Waals surface area (Å²) in [5.74, 6) is -0.360. The van der Waals surface area contributed by atoms with Crippen molar-refractivity contribution in [1.82, 2.24) is 4.98 Å². The fourth-order valence-electron chi connectivity index (χ4n) is 3.96. The molecule has 5 heteroatoms. The fraction of sp³-hybridized carbons (Fsp3) is 0.217. The monoisotopic (exact) mass is 373 g/mol. The summed E-state index contributed by atoms with van der Waals surface area (Å²) in [6.45, 7) is 8.61. The molecule has 0 radical (unpaired) electrons. The number of carbonyl (C=O) groups is 2. The van der Waals surface area contributed by atoms with Gasteiger partial charge >= 0.3 is 0 Å². The number of aromatic amines is 1. The summed E-state index contributed by atoms with van der Waals surface area (Å²) in [6.07, 6.45) is 0.895. The maximum Gasteiger partial charge on any atom is 0.253 e. The Bertz CT molecular complexity index is 1140. The predicted octanol–water partition coefficient (Wildman–Crippen LogP) is 3.77. The highest BCUT2D eigenvalue weighted by molar-refractivity contribution is 6.08. The number of aromatic nitrogens is 1. The van der Waals surface area contributed by atoms with Crippen LogP contribution in [0.15, 0.2) is 48.6 Å². The quantitative estimate of drug-likeness (QED) is 0.683. The average molecular weight is 373 g/mol. The Hall–Kier alpha value is -3.34. The Morgan fingerprint density at radius 1 is 1.25 bits per heavy atom. The highest BCUT2D eigenvalue weighted by atomic mass is 16.2. The van der Waals surface area contributed by atoms with E-state index >= 15 is 0 Å². The number of H-pyrrole nitrogens is 1. The zero-order valence-electron chi connectivity index (χ0n) is 16.1. The molecule has 3 N–H and O–H groups in total. The van der Waals surface area contributed by atoms with E-state index in [-0.39, 0.29) is 18.2 Å². The number of anilines is 1. The van der Waals surface area contributed by atoms with Gasteiger partial charge in [0.05, 0.1) is 11.9 Å². The first kappa shape index (κ1) is 18.0. The third-order valence-corrected chi connectivity index (χ3v) is 5.56. The van der Waals surface area contributed by atoms with Crippen molar-refractivity contribution in [2.75, 3.05) is 11.4 Å². The number of primary amides is 1. The number of benzene rings is 2. The van der Waals surface area contributed by atoms with Gasteiger partial charge in [-0.1, -0.05) is 30.8 Å². The molecule has 5 nitrogen and oxygen atoms in total. The lowest BCUT2D eigenvalue weighted by Crippen LogP contribution is -2.24. The van der Waals surface area contributed by atoms with Crippen LogP contribution in [-0.2, 0) is 16.0 Å². The van der Waals surface area contributed by atoms with Gasteiger partial charge in [0.15, 0.2) is 0 Å². The summed E-state index contributed by atoms with van der Waals surface area (Å²) < 4.78 is 0. The number of amides is 2. The van der Waals surface area contributed by atoms with Crippen molar-refractivity contribution in [3.05, 3.63) is 65.4 Å². The number of aryl methyl sites for hydroxylation is 2. The Labute approximate surface area is 163 Å². The topological polar surface area (TPSA) is 79.2 Å². The third-order valence-electron chi connectivity index (χ3n) is 5.56. The number of nitrogens with two attached hydrogens (primary N) is 1. The molecule has 3 aromatic rings. The summed E-state index contributed by atoms with van der Waals surface area (Å²) >= 11 is 0. The second-order valence-electron chi connectivity index (χ2n) is 7.40. The van der Waals surface area contributed by atoms with E-state index in [4.69, 9.17) is 5.73 Å². The van der Waals surface area contributed by atoms with Gasteiger partial charge in [-0.25, -0.2) is 0 Å². The number of rotatable bonds is 4. The Morgan fingerprint density at radius 3 is 2.71 bits per heavy atom. The third kappa shape index (κ3) is 2.89. The SMILES string of the molecule is C=C1CCN(c2cccc(-c3ccc(CC(N)=O)c4[nH]c(C)c(C)c34)c2)C1=O. The summed E-state index contributed by atoms with van der Waals surface area (Å²) in [5.41, 5.74) is 13.1. The van der Waals surface area contributed by atoms with E-state index in [1.165, 1.54) is 0 Å². The summed E-state index contributed by atoms with van der Waals surface area (Å²) in [7, 11) is 0. The van der Waals surface area contributed by atoms with Crippen molar-refractivity contribution in [3.8, 4) is 11.1 Å². The molecule has 1 aromatic heterocycles. The van der Waals surface area contributed by atoms with Gasteiger partial charge in [0, 0.05) is 28.9 Å². The molecular formula is C23H23N3O2. The minimum absolute atomic E-state index is 0.00669. The van der Waals surface area contributed by atoms with Gasteiger partial charge in [-0.15, -0.1) is 0 Å². The number of nitrogens with one attached hydrogen (secondary N) is 1. The molecule has 0 bridgehead atoms. The minimum Gasteiger partial charge on any atom is -0.369 e. The van der Waals surface area contributed by atoms with Crippen LogP contribution >= 0.6 is 0 Å². The molecule has 1 fully saturated rings. The summed E-state index contributed by atoms with van der Waals surface area (Å²) in [6, 6.07) is 12.0. The first-order valence-corrected chi connectivity index (χ1v) is 9.36. The van der Waals surface area contributed by atoms with E-state index in [1.54, 1.807) is 4.90 Å². The molecule has 0 unspecified atom stereocenters. The van der Waals surface area contributed by atoms with Crippen LogP contribution < -0.4 is 10.6 Å². The van der Waals surface area contributed by atoms with Crippen molar-refractivity contribution < 1.29 is 9.59 Å². The molecule has 2 aromatic carbocycles. The number of carbonyl (C=O) groups excluding carboxylic acids is 2. The number of hydrogen-bond acceptors (Lipinski definition) is 2. The molecule has 1 aliphatic heterocycles. The van der Waals surface area contributed by atoms with Crippen molar-refractivity contribution in [2.24, 2.45) is 5.73 Å². The zero-order chi connectivity index (χ0) is 20.0. The highest BCUT2D eigenvalue weighted by Crippen LogP contribution is 2.36. The van der Waals surface area contributed by atoms with E-state index < -0.39 is 0 Å². The smallest absolute Gasteiger partial charge is 0.253 e. The van der Waals surface area contributed by atoms with E-state index in [2.05, 4.69) is 18.5 Å². The molecule has 0 aliphatic carbocycles. The lowest BCUT2D eigenvalue weighted by molar-refractivity contribution is -0.117. The van der Waals surface area contributed by atoms with Gasteiger partial charge in [0.2, 0.25) is 5.91 Å². The van der Waals surface area contributed by atoms with Crippen LogP contribution in [0.2, 0.25) is 0 Å². The molecule has 28 heavy (non-hydrogen) atoms. The Kier molecular flexibility index (Phi) is 4.30. The molecule has 2 amide bonds. The van der Waals surface area contributed by atoms with Gasteiger partial charge < -0.3 is 15.6 Å². The molecular weight excluding hydrogens is 350 g/mol. The second kappa shape index (κ2) is 6.68. The normalized spacial score (nSPS) is 14.3. The van der Waals surface area contributed by atoms with Crippen molar-refractivity contribution in [2.45, 2.75) is 26.7 Å². The van der Waals surface area contributed by atoms with E-state index in [9.17, 15) is 9.59 Å². The van der Waals surface area contributed by atoms with Crippen LogP contribution in [0.1, 0.15) is 23.2 Å². The molecule has 2 heterocycles. The van der Waals surface area contributed by atoms with Crippen molar-refractivity contribution in [1.29, 1.82) is 0 Å². The molecule has 1 aliphatic rings. The average Bonchev–Trinajstić information content (AvgIpc) is 3.15.